The Morgan fingerprint density at radius 3 is 2.80 bits per heavy atom. The molecular formula is C13H17FN4O2. The Morgan fingerprint density at radius 2 is 2.10 bits per heavy atom. The fourth-order valence-corrected chi connectivity index (χ4v) is 2.21. The molecule has 108 valence electrons. The van der Waals surface area contributed by atoms with E-state index in [9.17, 15) is 14.0 Å². The summed E-state index contributed by atoms with van der Waals surface area (Å²) in [5.41, 5.74) is 6.32. The molecule has 0 unspecified atom stereocenters. The highest BCUT2D eigenvalue weighted by molar-refractivity contribution is 5.98. The number of benzene rings is 1. The van der Waals surface area contributed by atoms with Gasteiger partial charge in [0.25, 0.3) is 0 Å². The predicted octanol–water partition coefficient (Wildman–Crippen LogP) is 0.667. The van der Waals surface area contributed by atoms with E-state index in [1.54, 1.807) is 11.0 Å². The summed E-state index contributed by atoms with van der Waals surface area (Å²) in [6.07, 6.45) is 0.156. The van der Waals surface area contributed by atoms with E-state index in [2.05, 4.69) is 5.32 Å². The van der Waals surface area contributed by atoms with Crippen LogP contribution in [0.2, 0.25) is 0 Å². The molecule has 0 aromatic heterocycles. The summed E-state index contributed by atoms with van der Waals surface area (Å²) in [6, 6.07) is 3.69. The first-order valence-electron chi connectivity index (χ1n) is 6.33. The van der Waals surface area contributed by atoms with E-state index < -0.39 is 6.03 Å². The van der Waals surface area contributed by atoms with Crippen molar-refractivity contribution in [1.29, 1.82) is 0 Å². The number of carbonyl (C=O) groups is 2. The minimum absolute atomic E-state index is 0.125. The molecule has 7 heteroatoms. The SMILES string of the molecule is CN1CCN(C(=O)CCNC(N)=O)c2ccc(F)cc21. The zero-order chi connectivity index (χ0) is 14.7. The quantitative estimate of drug-likeness (QED) is 0.854. The third-order valence-corrected chi connectivity index (χ3v) is 3.24. The Hall–Kier alpha value is -2.31. The van der Waals surface area contributed by atoms with E-state index in [1.807, 2.05) is 11.9 Å². The number of primary amides is 1. The van der Waals surface area contributed by atoms with Crippen LogP contribution in [0.5, 0.6) is 0 Å². The Morgan fingerprint density at radius 1 is 1.35 bits per heavy atom. The van der Waals surface area contributed by atoms with E-state index in [0.29, 0.717) is 24.5 Å². The zero-order valence-electron chi connectivity index (χ0n) is 11.2. The van der Waals surface area contributed by atoms with Crippen molar-refractivity contribution in [2.45, 2.75) is 6.42 Å². The summed E-state index contributed by atoms with van der Waals surface area (Å²) < 4.78 is 13.3. The second-order valence-electron chi connectivity index (χ2n) is 4.64. The Balaban J connectivity index is 2.12. The fourth-order valence-electron chi connectivity index (χ4n) is 2.21. The molecule has 0 bridgehead atoms. The molecule has 6 nitrogen and oxygen atoms in total. The van der Waals surface area contributed by atoms with Gasteiger partial charge in [-0.3, -0.25) is 4.79 Å². The minimum atomic E-state index is -0.654. The molecule has 1 heterocycles. The average molecular weight is 280 g/mol. The summed E-state index contributed by atoms with van der Waals surface area (Å²) in [7, 11) is 1.86. The zero-order valence-corrected chi connectivity index (χ0v) is 11.2. The highest BCUT2D eigenvalue weighted by Crippen LogP contribution is 2.33. The second-order valence-corrected chi connectivity index (χ2v) is 4.64. The van der Waals surface area contributed by atoms with Crippen LogP contribution in [0.25, 0.3) is 0 Å². The molecule has 0 radical (unpaired) electrons. The van der Waals surface area contributed by atoms with Crippen molar-refractivity contribution in [2.24, 2.45) is 5.73 Å². The van der Waals surface area contributed by atoms with Gasteiger partial charge in [0.2, 0.25) is 5.91 Å². The van der Waals surface area contributed by atoms with Crippen LogP contribution in [0.3, 0.4) is 0 Å². The van der Waals surface area contributed by atoms with Gasteiger partial charge in [-0.2, -0.15) is 0 Å². The average Bonchev–Trinajstić information content (AvgIpc) is 2.39. The standard InChI is InChI=1S/C13H17FN4O2/c1-17-6-7-18(12(19)4-5-16-13(15)20)10-3-2-9(14)8-11(10)17/h2-3,8H,4-7H2,1H3,(H3,15,16,20). The number of anilines is 2. The van der Waals surface area contributed by atoms with Gasteiger partial charge < -0.3 is 20.9 Å². The molecule has 0 fully saturated rings. The normalized spacial score (nSPS) is 13.9. The molecule has 2 rings (SSSR count). The van der Waals surface area contributed by atoms with Crippen LogP contribution in [0.15, 0.2) is 18.2 Å². The lowest BCUT2D eigenvalue weighted by Gasteiger charge is -2.35. The number of nitrogens with two attached hydrogens (primary N) is 1. The van der Waals surface area contributed by atoms with Crippen molar-refractivity contribution < 1.29 is 14.0 Å². The van der Waals surface area contributed by atoms with Crippen molar-refractivity contribution in [2.75, 3.05) is 36.5 Å². The van der Waals surface area contributed by atoms with Gasteiger partial charge in [0.15, 0.2) is 0 Å². The molecule has 1 aromatic rings. The number of hydrogen-bond donors (Lipinski definition) is 2. The van der Waals surface area contributed by atoms with Gasteiger partial charge in [-0.05, 0) is 18.2 Å². The third kappa shape index (κ3) is 2.98. The smallest absolute Gasteiger partial charge is 0.312 e. The van der Waals surface area contributed by atoms with Crippen LogP contribution in [0, 0.1) is 5.82 Å². The van der Waals surface area contributed by atoms with Crippen molar-refractivity contribution in [3.8, 4) is 0 Å². The summed E-state index contributed by atoms with van der Waals surface area (Å²) in [6.45, 7) is 1.35. The van der Waals surface area contributed by atoms with E-state index in [1.165, 1.54) is 12.1 Å². The van der Waals surface area contributed by atoms with Crippen molar-refractivity contribution in [3.63, 3.8) is 0 Å². The first kappa shape index (κ1) is 14.1. The Kier molecular flexibility index (Phi) is 4.07. The first-order chi connectivity index (χ1) is 9.49. The third-order valence-electron chi connectivity index (χ3n) is 3.24. The molecular weight excluding hydrogens is 263 g/mol. The number of likely N-dealkylation sites (N-methyl/N-ethyl adjacent to an activating group) is 1. The Bertz CT molecular complexity index is 535. The van der Waals surface area contributed by atoms with Gasteiger partial charge in [0.05, 0.1) is 11.4 Å². The second kappa shape index (κ2) is 5.77. The van der Waals surface area contributed by atoms with Gasteiger partial charge in [0, 0.05) is 33.1 Å². The number of fused-ring (bicyclic) bond motifs is 1. The molecule has 0 saturated heterocycles. The predicted molar refractivity (Wildman–Crippen MR) is 74.2 cm³/mol. The maximum absolute atomic E-state index is 13.3. The van der Waals surface area contributed by atoms with Crippen molar-refractivity contribution >= 4 is 23.3 Å². The topological polar surface area (TPSA) is 78.7 Å². The maximum atomic E-state index is 13.3. The van der Waals surface area contributed by atoms with Crippen molar-refractivity contribution in [3.05, 3.63) is 24.0 Å². The molecule has 0 atom stereocenters. The van der Waals surface area contributed by atoms with E-state index >= 15 is 0 Å². The number of amides is 3. The Labute approximate surface area is 116 Å². The number of halogens is 1. The molecule has 1 aromatic carbocycles. The van der Waals surface area contributed by atoms with Crippen LogP contribution in [0.4, 0.5) is 20.6 Å². The summed E-state index contributed by atoms with van der Waals surface area (Å²) in [4.78, 5) is 26.2. The largest absolute Gasteiger partial charge is 0.371 e. The lowest BCUT2D eigenvalue weighted by molar-refractivity contribution is -0.118. The van der Waals surface area contributed by atoms with Gasteiger partial charge >= 0.3 is 6.03 Å². The summed E-state index contributed by atoms with van der Waals surface area (Å²) in [5, 5.41) is 2.38. The van der Waals surface area contributed by atoms with Gasteiger partial charge in [-0.15, -0.1) is 0 Å². The fraction of sp³-hybridized carbons (Fsp3) is 0.385. The maximum Gasteiger partial charge on any atom is 0.312 e. The number of nitrogens with zero attached hydrogens (tertiary/aromatic N) is 2. The molecule has 1 aliphatic heterocycles. The lowest BCUT2D eigenvalue weighted by atomic mass is 10.1. The monoisotopic (exact) mass is 280 g/mol. The molecule has 0 aliphatic carbocycles. The van der Waals surface area contributed by atoms with E-state index in [4.69, 9.17) is 5.73 Å². The van der Waals surface area contributed by atoms with Gasteiger partial charge in [-0.1, -0.05) is 0 Å². The molecule has 1 aliphatic rings. The van der Waals surface area contributed by atoms with Crippen LogP contribution in [-0.4, -0.2) is 38.6 Å². The van der Waals surface area contributed by atoms with Crippen LogP contribution < -0.4 is 20.9 Å². The molecule has 0 spiro atoms. The van der Waals surface area contributed by atoms with Crippen molar-refractivity contribution in [1.82, 2.24) is 5.32 Å². The minimum Gasteiger partial charge on any atom is -0.371 e. The summed E-state index contributed by atoms with van der Waals surface area (Å²) in [5.74, 6) is -0.458. The highest BCUT2D eigenvalue weighted by Gasteiger charge is 2.25. The summed E-state index contributed by atoms with van der Waals surface area (Å²) >= 11 is 0. The number of carbonyl (C=O) groups excluding carboxylic acids is 2. The van der Waals surface area contributed by atoms with E-state index in [0.717, 1.165) is 0 Å². The number of hydrogen-bond acceptors (Lipinski definition) is 3. The number of nitrogens with one attached hydrogen (secondary N) is 1. The molecule has 0 saturated carbocycles. The van der Waals surface area contributed by atoms with Crippen LogP contribution in [0.1, 0.15) is 6.42 Å². The highest BCUT2D eigenvalue weighted by atomic mass is 19.1. The van der Waals surface area contributed by atoms with Gasteiger partial charge in [-0.25, -0.2) is 9.18 Å². The lowest BCUT2D eigenvalue weighted by Crippen LogP contribution is -2.44. The van der Waals surface area contributed by atoms with Crippen LogP contribution in [-0.2, 0) is 4.79 Å². The molecule has 3 amide bonds. The molecule has 20 heavy (non-hydrogen) atoms. The number of rotatable bonds is 3. The first-order valence-corrected chi connectivity index (χ1v) is 6.33. The number of urea groups is 1. The van der Waals surface area contributed by atoms with Crippen LogP contribution >= 0.6 is 0 Å². The molecule has 3 N–H and O–H groups in total. The van der Waals surface area contributed by atoms with E-state index in [-0.39, 0.29) is 24.7 Å². The van der Waals surface area contributed by atoms with Gasteiger partial charge in [0.1, 0.15) is 5.82 Å².